The van der Waals surface area contributed by atoms with Gasteiger partial charge in [0.1, 0.15) is 0 Å². The number of rotatable bonds is 0. The van der Waals surface area contributed by atoms with Gasteiger partial charge in [0.05, 0.1) is 11.8 Å². The van der Waals surface area contributed by atoms with E-state index in [0.29, 0.717) is 9.65 Å². The summed E-state index contributed by atoms with van der Waals surface area (Å²) in [6.45, 7) is 0. The Morgan fingerprint density at radius 3 is 1.86 bits per heavy atom. The van der Waals surface area contributed by atoms with Crippen LogP contribution in [0, 0.1) is 23.7 Å². The van der Waals surface area contributed by atoms with Gasteiger partial charge in [0, 0.05) is 9.65 Å². The van der Waals surface area contributed by atoms with Crippen molar-refractivity contribution in [3.8, 4) is 0 Å². The molecule has 6 atom stereocenters. The Labute approximate surface area is 97.8 Å². The van der Waals surface area contributed by atoms with Gasteiger partial charge in [0.2, 0.25) is 0 Å². The maximum Gasteiger partial charge on any atom is 0.317 e. The van der Waals surface area contributed by atoms with Crippen molar-refractivity contribution < 1.29 is 14.3 Å². The third-order valence-electron chi connectivity index (χ3n) is 3.72. The molecule has 0 aromatic carbocycles. The minimum atomic E-state index is -0.309. The quantitative estimate of drug-likeness (QED) is 0.385. The first kappa shape index (κ1) is 9.33. The third kappa shape index (κ3) is 0.927. The van der Waals surface area contributed by atoms with Crippen LogP contribution in [0.4, 0.5) is 0 Å². The minimum Gasteiger partial charge on any atom is -0.393 e. The monoisotopic (exact) mass is 322 g/mol. The van der Waals surface area contributed by atoms with Crippen LogP contribution >= 0.6 is 31.9 Å². The summed E-state index contributed by atoms with van der Waals surface area (Å²) < 4.78 is 4.69. The molecule has 3 rings (SSSR count). The zero-order valence-electron chi connectivity index (χ0n) is 7.15. The van der Waals surface area contributed by atoms with Crippen molar-refractivity contribution in [1.29, 1.82) is 0 Å². The molecule has 3 fully saturated rings. The van der Waals surface area contributed by atoms with Crippen LogP contribution in [0.15, 0.2) is 0 Å². The van der Waals surface area contributed by atoms with Gasteiger partial charge in [-0.3, -0.25) is 9.59 Å². The molecule has 1 saturated heterocycles. The van der Waals surface area contributed by atoms with E-state index >= 15 is 0 Å². The Kier molecular flexibility index (Phi) is 1.88. The van der Waals surface area contributed by atoms with Crippen LogP contribution in [0.1, 0.15) is 6.42 Å². The van der Waals surface area contributed by atoms with Gasteiger partial charge >= 0.3 is 11.9 Å². The molecule has 2 bridgehead atoms. The van der Waals surface area contributed by atoms with Gasteiger partial charge in [0.15, 0.2) is 0 Å². The largest absolute Gasteiger partial charge is 0.393 e. The fourth-order valence-corrected chi connectivity index (χ4v) is 5.02. The van der Waals surface area contributed by atoms with Crippen molar-refractivity contribution in [2.45, 2.75) is 16.1 Å². The summed E-state index contributed by atoms with van der Waals surface area (Å²) in [5.74, 6) is -0.425. The van der Waals surface area contributed by atoms with Crippen LogP contribution in [0.25, 0.3) is 0 Å². The molecule has 2 aliphatic carbocycles. The van der Waals surface area contributed by atoms with E-state index in [1.165, 1.54) is 0 Å². The molecule has 0 spiro atoms. The molecule has 5 heteroatoms. The lowest BCUT2D eigenvalue weighted by Crippen LogP contribution is -2.37. The lowest BCUT2D eigenvalue weighted by molar-refractivity contribution is -0.154. The van der Waals surface area contributed by atoms with E-state index in [9.17, 15) is 9.59 Å². The van der Waals surface area contributed by atoms with Crippen LogP contribution < -0.4 is 0 Å². The Bertz CT molecular complexity index is 300. The second-order valence-electron chi connectivity index (χ2n) is 4.24. The number of cyclic esters (lactones) is 2. The van der Waals surface area contributed by atoms with E-state index < -0.39 is 0 Å². The second kappa shape index (κ2) is 2.82. The van der Waals surface area contributed by atoms with Gasteiger partial charge in [-0.05, 0) is 18.3 Å². The normalized spacial score (nSPS) is 55.0. The van der Waals surface area contributed by atoms with Gasteiger partial charge in [-0.1, -0.05) is 31.9 Å². The molecule has 0 aromatic rings. The van der Waals surface area contributed by atoms with Crippen molar-refractivity contribution in [2.24, 2.45) is 23.7 Å². The summed E-state index contributed by atoms with van der Waals surface area (Å²) in [7, 11) is 0. The number of alkyl halides is 2. The van der Waals surface area contributed by atoms with Crippen LogP contribution in [0.2, 0.25) is 0 Å². The molecular formula is C9H8Br2O3. The predicted molar refractivity (Wildman–Crippen MR) is 55.1 cm³/mol. The number of carbonyl (C=O) groups excluding carboxylic acids is 2. The average Bonchev–Trinajstić information content (AvgIpc) is 2.71. The number of ether oxygens (including phenoxy) is 1. The summed E-state index contributed by atoms with van der Waals surface area (Å²) in [5.41, 5.74) is 0. The fourth-order valence-electron chi connectivity index (χ4n) is 3.15. The standard InChI is InChI=1S/C9H8Br2O3/c10-6-2-1-3(7(6)11)5-4(2)8(12)14-9(5)13/h2-7H,1H2/t2-,3-,4-,5+,6-,7+/m1/s1. The van der Waals surface area contributed by atoms with Crippen molar-refractivity contribution in [3.05, 3.63) is 0 Å². The topological polar surface area (TPSA) is 43.4 Å². The van der Waals surface area contributed by atoms with Gasteiger partial charge < -0.3 is 4.74 Å². The smallest absolute Gasteiger partial charge is 0.317 e. The van der Waals surface area contributed by atoms with Crippen molar-refractivity contribution in [2.75, 3.05) is 0 Å². The number of halogens is 2. The maximum absolute atomic E-state index is 11.4. The predicted octanol–water partition coefficient (Wildman–Crippen LogP) is 1.48. The molecule has 0 radical (unpaired) electrons. The molecule has 1 heterocycles. The first-order valence-corrected chi connectivity index (χ1v) is 6.48. The molecular weight excluding hydrogens is 316 g/mol. The summed E-state index contributed by atoms with van der Waals surface area (Å²) >= 11 is 7.16. The maximum atomic E-state index is 11.4. The first-order valence-electron chi connectivity index (χ1n) is 4.65. The molecule has 0 amide bonds. The average molecular weight is 324 g/mol. The number of hydrogen-bond acceptors (Lipinski definition) is 3. The number of carbonyl (C=O) groups is 2. The van der Waals surface area contributed by atoms with Crippen LogP contribution in [0.5, 0.6) is 0 Å². The molecule has 2 saturated carbocycles. The van der Waals surface area contributed by atoms with Gasteiger partial charge in [-0.15, -0.1) is 0 Å². The van der Waals surface area contributed by atoms with Crippen LogP contribution in [0.3, 0.4) is 0 Å². The Balaban J connectivity index is 2.01. The Morgan fingerprint density at radius 2 is 1.43 bits per heavy atom. The molecule has 0 N–H and O–H groups in total. The summed E-state index contributed by atoms with van der Waals surface area (Å²) in [6, 6.07) is 0. The summed E-state index contributed by atoms with van der Waals surface area (Å²) in [4.78, 5) is 23.5. The zero-order valence-corrected chi connectivity index (χ0v) is 10.3. The van der Waals surface area contributed by atoms with E-state index in [1.807, 2.05) is 0 Å². The van der Waals surface area contributed by atoms with Crippen molar-refractivity contribution in [1.82, 2.24) is 0 Å². The highest BCUT2D eigenvalue weighted by Gasteiger charge is 2.65. The highest BCUT2D eigenvalue weighted by molar-refractivity contribution is 9.12. The Hall–Kier alpha value is 0.1000. The van der Waals surface area contributed by atoms with E-state index in [2.05, 4.69) is 36.6 Å². The molecule has 76 valence electrons. The van der Waals surface area contributed by atoms with Gasteiger partial charge in [-0.2, -0.15) is 0 Å². The van der Waals surface area contributed by atoms with Crippen LogP contribution in [-0.2, 0) is 14.3 Å². The molecule has 0 aromatic heterocycles. The second-order valence-corrected chi connectivity index (χ2v) is 6.36. The molecule has 14 heavy (non-hydrogen) atoms. The lowest BCUT2D eigenvalue weighted by Gasteiger charge is -2.27. The SMILES string of the molecule is O=C1OC(=O)[C@H]2[C@H]3C[C@@H]([C@@H](Br)[C@H]3Br)[C@@H]12. The van der Waals surface area contributed by atoms with E-state index in [0.717, 1.165) is 6.42 Å². The molecule has 0 unspecified atom stereocenters. The minimum absolute atomic E-state index is 0.175. The van der Waals surface area contributed by atoms with Crippen LogP contribution in [-0.4, -0.2) is 21.6 Å². The number of esters is 2. The molecule has 1 aliphatic heterocycles. The van der Waals surface area contributed by atoms with E-state index in [1.54, 1.807) is 0 Å². The van der Waals surface area contributed by atoms with Crippen molar-refractivity contribution >= 4 is 43.8 Å². The van der Waals surface area contributed by atoms with Gasteiger partial charge in [0.25, 0.3) is 0 Å². The lowest BCUT2D eigenvalue weighted by atomic mass is 9.81. The highest BCUT2D eigenvalue weighted by atomic mass is 79.9. The number of fused-ring (bicyclic) bond motifs is 5. The van der Waals surface area contributed by atoms with Gasteiger partial charge in [-0.25, -0.2) is 0 Å². The summed E-state index contributed by atoms with van der Waals surface area (Å²) in [5, 5.41) is 0. The molecule has 3 aliphatic rings. The van der Waals surface area contributed by atoms with E-state index in [4.69, 9.17) is 0 Å². The number of hydrogen-bond donors (Lipinski definition) is 0. The third-order valence-corrected chi connectivity index (χ3v) is 6.93. The van der Waals surface area contributed by atoms with Crippen molar-refractivity contribution in [3.63, 3.8) is 0 Å². The highest BCUT2D eigenvalue weighted by Crippen LogP contribution is 2.59. The Morgan fingerprint density at radius 1 is 1.00 bits per heavy atom. The zero-order chi connectivity index (χ0) is 10.0. The summed E-state index contributed by atoms with van der Waals surface area (Å²) in [6.07, 6.45) is 0.960. The molecule has 3 nitrogen and oxygen atoms in total. The first-order chi connectivity index (χ1) is 6.61. The van der Waals surface area contributed by atoms with E-state index in [-0.39, 0.29) is 35.6 Å². The fraction of sp³-hybridized carbons (Fsp3) is 0.778.